The molecule has 0 fully saturated rings. The van der Waals surface area contributed by atoms with E-state index in [-0.39, 0.29) is 19.1 Å². The second-order valence-electron chi connectivity index (χ2n) is 4.97. The van der Waals surface area contributed by atoms with E-state index >= 15 is 0 Å². The lowest BCUT2D eigenvalue weighted by Gasteiger charge is -2.14. The summed E-state index contributed by atoms with van der Waals surface area (Å²) in [5, 5.41) is 12.0. The summed E-state index contributed by atoms with van der Waals surface area (Å²) < 4.78 is 11.6. The molecule has 2 aromatic carbocycles. The molecule has 0 aliphatic carbocycles. The Balaban J connectivity index is 2.02. The van der Waals surface area contributed by atoms with Crippen LogP contribution in [-0.2, 0) is 11.4 Å². The number of methoxy groups -OCH3 is 1. The molecule has 0 aromatic heterocycles. The summed E-state index contributed by atoms with van der Waals surface area (Å²) in [4.78, 5) is 12.0. The van der Waals surface area contributed by atoms with Crippen molar-refractivity contribution < 1.29 is 19.4 Å². The van der Waals surface area contributed by atoms with Crippen molar-refractivity contribution in [1.82, 2.24) is 0 Å². The lowest BCUT2D eigenvalue weighted by molar-refractivity contribution is -0.118. The molecule has 0 heterocycles. The summed E-state index contributed by atoms with van der Waals surface area (Å²) in [6.45, 7) is 1.78. The zero-order chi connectivity index (χ0) is 16.8. The highest BCUT2D eigenvalue weighted by molar-refractivity contribution is 14.1. The van der Waals surface area contributed by atoms with Crippen molar-refractivity contribution in [3.05, 3.63) is 51.1 Å². The van der Waals surface area contributed by atoms with E-state index in [9.17, 15) is 9.90 Å². The van der Waals surface area contributed by atoms with Gasteiger partial charge in [-0.1, -0.05) is 17.7 Å². The Morgan fingerprint density at radius 2 is 1.96 bits per heavy atom. The Morgan fingerprint density at radius 1 is 1.26 bits per heavy atom. The largest absolute Gasteiger partial charge is 0.493 e. The first-order valence-corrected chi connectivity index (χ1v) is 8.08. The summed E-state index contributed by atoms with van der Waals surface area (Å²) in [5.41, 5.74) is 2.58. The fraction of sp³-hybridized carbons (Fsp3) is 0.235. The lowest BCUT2D eigenvalue weighted by Crippen LogP contribution is -2.20. The second-order valence-corrected chi connectivity index (χ2v) is 6.13. The number of nitrogens with one attached hydrogen (secondary N) is 1. The highest BCUT2D eigenvalue weighted by Gasteiger charge is 2.13. The third kappa shape index (κ3) is 4.84. The monoisotopic (exact) mass is 427 g/mol. The molecule has 0 bridgehead atoms. The molecule has 0 radical (unpaired) electrons. The van der Waals surface area contributed by atoms with Crippen molar-refractivity contribution in [1.29, 1.82) is 0 Å². The van der Waals surface area contributed by atoms with Gasteiger partial charge in [-0.25, -0.2) is 0 Å². The summed E-state index contributed by atoms with van der Waals surface area (Å²) in [6.07, 6.45) is 0. The minimum Gasteiger partial charge on any atom is -0.493 e. The van der Waals surface area contributed by atoms with Crippen LogP contribution in [0.4, 0.5) is 5.69 Å². The Kier molecular flexibility index (Phi) is 6.23. The summed E-state index contributed by atoms with van der Waals surface area (Å²) in [7, 11) is 1.52. The summed E-state index contributed by atoms with van der Waals surface area (Å²) in [6, 6.07) is 11.0. The van der Waals surface area contributed by atoms with Crippen LogP contribution in [0.25, 0.3) is 0 Å². The first kappa shape index (κ1) is 17.6. The predicted molar refractivity (Wildman–Crippen MR) is 96.9 cm³/mol. The Bertz CT molecular complexity index is 686. The molecule has 122 valence electrons. The van der Waals surface area contributed by atoms with Crippen molar-refractivity contribution in [3.63, 3.8) is 0 Å². The van der Waals surface area contributed by atoms with Gasteiger partial charge >= 0.3 is 0 Å². The third-order valence-corrected chi connectivity index (χ3v) is 3.96. The average Bonchev–Trinajstić information content (AvgIpc) is 2.55. The zero-order valence-corrected chi connectivity index (χ0v) is 15.1. The minimum absolute atomic E-state index is 0.0828. The molecule has 0 spiro atoms. The molecule has 0 aliphatic rings. The Labute approximate surface area is 148 Å². The standard InChI is InChI=1S/C17H18INO4/c1-11-3-5-13(6-4-11)19-16(21)10-23-17-14(18)7-12(9-20)8-15(17)22-2/h3-8,20H,9-10H2,1-2H3,(H,19,21). The first-order chi connectivity index (χ1) is 11.0. The van der Waals surface area contributed by atoms with Gasteiger partial charge < -0.3 is 19.9 Å². The highest BCUT2D eigenvalue weighted by atomic mass is 127. The maximum absolute atomic E-state index is 12.0. The summed E-state index contributed by atoms with van der Waals surface area (Å²) >= 11 is 2.08. The van der Waals surface area contributed by atoms with E-state index in [1.807, 2.05) is 31.2 Å². The number of carbonyl (C=O) groups is 1. The lowest BCUT2D eigenvalue weighted by atomic mass is 10.2. The van der Waals surface area contributed by atoms with Crippen LogP contribution in [-0.4, -0.2) is 24.7 Å². The van der Waals surface area contributed by atoms with Crippen LogP contribution in [0.1, 0.15) is 11.1 Å². The smallest absolute Gasteiger partial charge is 0.262 e. The Morgan fingerprint density at radius 3 is 2.57 bits per heavy atom. The van der Waals surface area contributed by atoms with E-state index in [0.29, 0.717) is 11.5 Å². The molecule has 5 nitrogen and oxygen atoms in total. The van der Waals surface area contributed by atoms with E-state index in [1.54, 1.807) is 12.1 Å². The molecular formula is C17H18INO4. The van der Waals surface area contributed by atoms with Crippen molar-refractivity contribution in [2.24, 2.45) is 0 Å². The number of aliphatic hydroxyl groups is 1. The van der Waals surface area contributed by atoms with Gasteiger partial charge in [0.2, 0.25) is 0 Å². The number of halogens is 1. The number of hydrogen-bond donors (Lipinski definition) is 2. The fourth-order valence-electron chi connectivity index (χ4n) is 1.98. The second kappa shape index (κ2) is 8.16. The molecule has 2 N–H and O–H groups in total. The molecule has 6 heteroatoms. The number of anilines is 1. The van der Waals surface area contributed by atoms with Crippen molar-refractivity contribution >= 4 is 34.2 Å². The van der Waals surface area contributed by atoms with E-state index in [0.717, 1.165) is 20.4 Å². The molecule has 2 rings (SSSR count). The molecule has 1 amide bonds. The van der Waals surface area contributed by atoms with Gasteiger partial charge in [0.25, 0.3) is 5.91 Å². The normalized spacial score (nSPS) is 10.3. The maximum atomic E-state index is 12.0. The maximum Gasteiger partial charge on any atom is 0.262 e. The molecule has 0 aliphatic heterocycles. The Hall–Kier alpha value is -1.80. The van der Waals surface area contributed by atoms with Gasteiger partial charge in [0.1, 0.15) is 0 Å². The van der Waals surface area contributed by atoms with E-state index in [2.05, 4.69) is 27.9 Å². The molecule has 2 aromatic rings. The SMILES string of the molecule is COc1cc(CO)cc(I)c1OCC(=O)Nc1ccc(C)cc1. The fourth-order valence-corrected chi connectivity index (χ4v) is 2.80. The first-order valence-electron chi connectivity index (χ1n) is 7.00. The van der Waals surface area contributed by atoms with E-state index < -0.39 is 0 Å². The highest BCUT2D eigenvalue weighted by Crippen LogP contribution is 2.34. The molecular weight excluding hydrogens is 409 g/mol. The van der Waals surface area contributed by atoms with Crippen LogP contribution in [0.15, 0.2) is 36.4 Å². The van der Waals surface area contributed by atoms with Gasteiger partial charge in [-0.05, 0) is 59.3 Å². The van der Waals surface area contributed by atoms with Crippen molar-refractivity contribution in [2.45, 2.75) is 13.5 Å². The van der Waals surface area contributed by atoms with Crippen LogP contribution >= 0.6 is 22.6 Å². The third-order valence-electron chi connectivity index (χ3n) is 3.15. The number of amides is 1. The van der Waals surface area contributed by atoms with Gasteiger partial charge in [0, 0.05) is 5.69 Å². The molecule has 0 atom stereocenters. The number of ether oxygens (including phenoxy) is 2. The molecule has 23 heavy (non-hydrogen) atoms. The van der Waals surface area contributed by atoms with Crippen LogP contribution in [0.3, 0.4) is 0 Å². The van der Waals surface area contributed by atoms with Crippen LogP contribution < -0.4 is 14.8 Å². The van der Waals surface area contributed by atoms with Gasteiger partial charge in [-0.2, -0.15) is 0 Å². The van der Waals surface area contributed by atoms with Gasteiger partial charge in [-0.3, -0.25) is 4.79 Å². The quantitative estimate of drug-likeness (QED) is 0.696. The number of aryl methyl sites for hydroxylation is 1. The predicted octanol–water partition coefficient (Wildman–Crippen LogP) is 3.12. The number of hydrogen-bond acceptors (Lipinski definition) is 4. The van der Waals surface area contributed by atoms with Gasteiger partial charge in [0.05, 0.1) is 17.3 Å². The number of benzene rings is 2. The van der Waals surface area contributed by atoms with Gasteiger partial charge in [0.15, 0.2) is 18.1 Å². The zero-order valence-electron chi connectivity index (χ0n) is 12.9. The summed E-state index contributed by atoms with van der Waals surface area (Å²) in [5.74, 6) is 0.728. The van der Waals surface area contributed by atoms with Gasteiger partial charge in [-0.15, -0.1) is 0 Å². The van der Waals surface area contributed by atoms with Crippen molar-refractivity contribution in [2.75, 3.05) is 19.0 Å². The van der Waals surface area contributed by atoms with E-state index in [1.165, 1.54) is 7.11 Å². The van der Waals surface area contributed by atoms with E-state index in [4.69, 9.17) is 9.47 Å². The van der Waals surface area contributed by atoms with Crippen LogP contribution in [0.2, 0.25) is 0 Å². The number of aliphatic hydroxyl groups excluding tert-OH is 1. The van der Waals surface area contributed by atoms with Crippen LogP contribution in [0.5, 0.6) is 11.5 Å². The van der Waals surface area contributed by atoms with Crippen LogP contribution in [0, 0.1) is 10.5 Å². The number of carbonyl (C=O) groups excluding carboxylic acids is 1. The average molecular weight is 427 g/mol. The number of rotatable bonds is 6. The molecule has 0 saturated heterocycles. The topological polar surface area (TPSA) is 67.8 Å². The molecule has 0 unspecified atom stereocenters. The molecule has 0 saturated carbocycles. The van der Waals surface area contributed by atoms with Crippen molar-refractivity contribution in [3.8, 4) is 11.5 Å². The minimum atomic E-state index is -0.252.